The summed E-state index contributed by atoms with van der Waals surface area (Å²) in [4.78, 5) is 26.7. The fraction of sp³-hybridized carbons (Fsp3) is 0.143. The number of terminal acetylenes is 2. The second-order valence-electron chi connectivity index (χ2n) is 6.97. The average Bonchev–Trinajstić information content (AvgIpc) is 2.90. The molecule has 0 spiro atoms. The molecule has 3 aromatic rings. The smallest absolute Gasteiger partial charge is 0.196 e. The van der Waals surface area contributed by atoms with E-state index < -0.39 is 0 Å². The Morgan fingerprint density at radius 1 is 0.647 bits per heavy atom. The van der Waals surface area contributed by atoms with Crippen molar-refractivity contribution in [3.8, 4) is 47.7 Å². The van der Waals surface area contributed by atoms with E-state index in [9.17, 15) is 9.59 Å². The van der Waals surface area contributed by atoms with Gasteiger partial charge in [0.15, 0.2) is 11.6 Å². The molecule has 6 nitrogen and oxygen atoms in total. The molecule has 0 aromatic heterocycles. The molecule has 0 saturated heterocycles. The second-order valence-corrected chi connectivity index (χ2v) is 6.97. The summed E-state index contributed by atoms with van der Waals surface area (Å²) >= 11 is 0. The van der Waals surface area contributed by atoms with Crippen LogP contribution >= 0.6 is 0 Å². The first-order valence-corrected chi connectivity index (χ1v) is 10.1. The van der Waals surface area contributed by atoms with Crippen LogP contribution in [0, 0.1) is 24.7 Å². The van der Waals surface area contributed by atoms with Gasteiger partial charge in [0.2, 0.25) is 0 Å². The first-order chi connectivity index (χ1) is 16.4. The summed E-state index contributed by atoms with van der Waals surface area (Å²) in [7, 11) is 5.80. The van der Waals surface area contributed by atoms with Gasteiger partial charge in [-0.05, 0) is 30.3 Å². The highest BCUT2D eigenvalue weighted by Crippen LogP contribution is 2.34. The molecule has 0 bridgehead atoms. The second kappa shape index (κ2) is 10.3. The van der Waals surface area contributed by atoms with Gasteiger partial charge in [0.1, 0.15) is 34.1 Å². The Kier molecular flexibility index (Phi) is 7.26. The van der Waals surface area contributed by atoms with Crippen molar-refractivity contribution in [2.75, 3.05) is 28.4 Å². The van der Waals surface area contributed by atoms with Gasteiger partial charge in [-0.15, -0.1) is 12.8 Å². The Balaban J connectivity index is 2.08. The Hall–Kier alpha value is -4.68. The van der Waals surface area contributed by atoms with E-state index in [0.717, 1.165) is 0 Å². The molecule has 34 heavy (non-hydrogen) atoms. The molecule has 3 rings (SSSR count). The van der Waals surface area contributed by atoms with Gasteiger partial charge in [-0.1, -0.05) is 30.0 Å². The van der Waals surface area contributed by atoms with Crippen molar-refractivity contribution in [3.05, 3.63) is 81.9 Å². The molecule has 0 atom stereocenters. The lowest BCUT2D eigenvalue weighted by molar-refractivity contribution is 0.103. The Morgan fingerprint density at radius 2 is 1.06 bits per heavy atom. The minimum Gasteiger partial charge on any atom is -0.495 e. The number of ether oxygens (including phenoxy) is 4. The van der Waals surface area contributed by atoms with Gasteiger partial charge in [0.05, 0.1) is 39.6 Å². The predicted octanol–water partition coefficient (Wildman–Crippen LogP) is 4.15. The Labute approximate surface area is 198 Å². The third-order valence-corrected chi connectivity index (χ3v) is 5.25. The lowest BCUT2D eigenvalue weighted by atomic mass is 9.94. The predicted molar refractivity (Wildman–Crippen MR) is 128 cm³/mol. The number of methoxy groups -OCH3 is 4. The summed E-state index contributed by atoms with van der Waals surface area (Å²) in [5.41, 5.74) is 1.71. The maximum Gasteiger partial charge on any atom is 0.196 e. The molecule has 0 fully saturated rings. The molecule has 6 heteroatoms. The maximum absolute atomic E-state index is 13.3. The summed E-state index contributed by atoms with van der Waals surface area (Å²) < 4.78 is 21.4. The number of carbonyl (C=O) groups excluding carboxylic acids is 2. The van der Waals surface area contributed by atoms with Gasteiger partial charge in [0.25, 0.3) is 0 Å². The number of carbonyl (C=O) groups is 2. The SMILES string of the molecule is C#Cc1c(OC)ccc(C(=O)c2cccc(C(=O)c3ccc(OC)c(C#C)c3OC)c2)c1OC. The number of ketones is 2. The first kappa shape index (κ1) is 24.0. The number of hydrogen-bond donors (Lipinski definition) is 0. The van der Waals surface area contributed by atoms with Crippen molar-refractivity contribution < 1.29 is 28.5 Å². The van der Waals surface area contributed by atoms with Crippen LogP contribution in [0.2, 0.25) is 0 Å². The van der Waals surface area contributed by atoms with E-state index >= 15 is 0 Å². The van der Waals surface area contributed by atoms with Crippen LogP contribution in [0.5, 0.6) is 23.0 Å². The molecule has 0 heterocycles. The maximum atomic E-state index is 13.3. The van der Waals surface area contributed by atoms with E-state index in [0.29, 0.717) is 22.6 Å². The van der Waals surface area contributed by atoms with Crippen molar-refractivity contribution in [2.24, 2.45) is 0 Å². The van der Waals surface area contributed by atoms with E-state index in [1.165, 1.54) is 34.5 Å². The first-order valence-electron chi connectivity index (χ1n) is 10.1. The molecule has 0 unspecified atom stereocenters. The highest BCUT2D eigenvalue weighted by molar-refractivity contribution is 6.15. The van der Waals surface area contributed by atoms with Crippen molar-refractivity contribution in [1.82, 2.24) is 0 Å². The number of rotatable bonds is 8. The van der Waals surface area contributed by atoms with Crippen LogP contribution in [0.25, 0.3) is 0 Å². The normalized spacial score (nSPS) is 9.94. The van der Waals surface area contributed by atoms with E-state index in [1.54, 1.807) is 42.5 Å². The molecule has 0 aliphatic carbocycles. The molecule has 0 saturated carbocycles. The summed E-state index contributed by atoms with van der Waals surface area (Å²) in [6.45, 7) is 0. The van der Waals surface area contributed by atoms with Crippen molar-refractivity contribution in [1.29, 1.82) is 0 Å². The summed E-state index contributed by atoms with van der Waals surface area (Å²) in [6, 6.07) is 12.7. The zero-order chi connectivity index (χ0) is 24.8. The molecule has 0 radical (unpaired) electrons. The highest BCUT2D eigenvalue weighted by atomic mass is 16.5. The van der Waals surface area contributed by atoms with Crippen molar-refractivity contribution >= 4 is 11.6 Å². The number of hydrogen-bond acceptors (Lipinski definition) is 6. The third kappa shape index (κ3) is 4.18. The molecular weight excluding hydrogens is 432 g/mol. The molecule has 170 valence electrons. The Morgan fingerprint density at radius 3 is 1.38 bits per heavy atom. The molecule has 0 aliphatic heterocycles. The summed E-state index contributed by atoms with van der Waals surface area (Å²) in [6.07, 6.45) is 11.2. The van der Waals surface area contributed by atoms with Crippen LogP contribution in [0.4, 0.5) is 0 Å². The van der Waals surface area contributed by atoms with Crippen LogP contribution < -0.4 is 18.9 Å². The molecular formula is C28H22O6. The standard InChI is InChI=1S/C28H22O6/c1-7-19-23(31-3)14-12-21(27(19)33-5)25(29)17-10-9-11-18(16-17)26(30)22-13-15-24(32-4)20(8-2)28(22)34-6/h1-2,9-16H,3-6H3. The summed E-state index contributed by atoms with van der Waals surface area (Å²) in [5.74, 6) is 5.54. The topological polar surface area (TPSA) is 71.1 Å². The highest BCUT2D eigenvalue weighted by Gasteiger charge is 2.23. The molecule has 0 aliphatic rings. The van der Waals surface area contributed by atoms with Gasteiger partial charge in [-0.2, -0.15) is 0 Å². The van der Waals surface area contributed by atoms with Gasteiger partial charge < -0.3 is 18.9 Å². The molecule has 0 amide bonds. The fourth-order valence-corrected chi connectivity index (χ4v) is 3.64. The lowest BCUT2D eigenvalue weighted by Gasteiger charge is -2.14. The minimum absolute atomic E-state index is 0.221. The van der Waals surface area contributed by atoms with E-state index in [1.807, 2.05) is 0 Å². The zero-order valence-electron chi connectivity index (χ0n) is 19.2. The summed E-state index contributed by atoms with van der Waals surface area (Å²) in [5, 5.41) is 0. The van der Waals surface area contributed by atoms with Crippen LogP contribution in [-0.4, -0.2) is 40.0 Å². The zero-order valence-corrected chi connectivity index (χ0v) is 19.2. The lowest BCUT2D eigenvalue weighted by Crippen LogP contribution is -2.09. The number of benzene rings is 3. The van der Waals surface area contributed by atoms with E-state index in [4.69, 9.17) is 31.8 Å². The van der Waals surface area contributed by atoms with Crippen LogP contribution in [-0.2, 0) is 0 Å². The van der Waals surface area contributed by atoms with Crippen molar-refractivity contribution in [2.45, 2.75) is 0 Å². The average molecular weight is 454 g/mol. The quantitative estimate of drug-likeness (QED) is 0.376. The Bertz CT molecular complexity index is 1250. The van der Waals surface area contributed by atoms with Gasteiger partial charge in [-0.3, -0.25) is 9.59 Å². The minimum atomic E-state index is -0.364. The van der Waals surface area contributed by atoms with Gasteiger partial charge in [0, 0.05) is 11.1 Å². The molecule has 0 N–H and O–H groups in total. The van der Waals surface area contributed by atoms with Crippen LogP contribution in [0.1, 0.15) is 43.0 Å². The third-order valence-electron chi connectivity index (χ3n) is 5.25. The largest absolute Gasteiger partial charge is 0.495 e. The van der Waals surface area contributed by atoms with Crippen molar-refractivity contribution in [3.63, 3.8) is 0 Å². The van der Waals surface area contributed by atoms with E-state index in [-0.39, 0.29) is 45.3 Å². The monoisotopic (exact) mass is 454 g/mol. The van der Waals surface area contributed by atoms with Crippen LogP contribution in [0.3, 0.4) is 0 Å². The van der Waals surface area contributed by atoms with E-state index in [2.05, 4.69) is 11.8 Å². The van der Waals surface area contributed by atoms with Gasteiger partial charge in [-0.25, -0.2) is 0 Å². The molecule has 3 aromatic carbocycles. The van der Waals surface area contributed by atoms with Gasteiger partial charge >= 0.3 is 0 Å². The van der Waals surface area contributed by atoms with Crippen LogP contribution in [0.15, 0.2) is 48.5 Å². The fourth-order valence-electron chi connectivity index (χ4n) is 3.64.